The lowest BCUT2D eigenvalue weighted by atomic mass is 10.2. The van der Waals surface area contributed by atoms with Crippen molar-refractivity contribution in [3.63, 3.8) is 0 Å². The Balaban J connectivity index is 2.47. The van der Waals surface area contributed by atoms with Gasteiger partial charge in [-0.15, -0.1) is 0 Å². The molecule has 1 aromatic rings. The molecule has 78 valence electrons. The first-order valence-corrected chi connectivity index (χ1v) is 5.86. The number of anilines is 1. The normalized spacial score (nSPS) is 10.2. The van der Waals surface area contributed by atoms with E-state index in [0.29, 0.717) is 0 Å². The summed E-state index contributed by atoms with van der Waals surface area (Å²) in [5.41, 5.74) is 1.22. The summed E-state index contributed by atoms with van der Waals surface area (Å²) in [5.74, 6) is 0. The van der Waals surface area contributed by atoms with Crippen molar-refractivity contribution in [2.24, 2.45) is 0 Å². The van der Waals surface area contributed by atoms with E-state index in [1.807, 2.05) is 18.3 Å². The van der Waals surface area contributed by atoms with Crippen LogP contribution in [0.1, 0.15) is 26.2 Å². The van der Waals surface area contributed by atoms with E-state index in [1.165, 1.54) is 24.9 Å². The van der Waals surface area contributed by atoms with E-state index in [1.54, 1.807) is 0 Å². The highest BCUT2D eigenvalue weighted by Crippen LogP contribution is 2.16. The number of unbranched alkanes of at least 4 members (excludes halogenated alkanes) is 2. The van der Waals surface area contributed by atoms with Crippen LogP contribution in [0.4, 0.5) is 5.69 Å². The maximum Gasteiger partial charge on any atom is 0.108 e. The molecular weight excluding hydrogens is 240 g/mol. The summed E-state index contributed by atoms with van der Waals surface area (Å²) in [5, 5.41) is 0. The number of hydrogen-bond donors (Lipinski definition) is 0. The van der Waals surface area contributed by atoms with Crippen LogP contribution in [0, 0.1) is 0 Å². The van der Waals surface area contributed by atoms with Gasteiger partial charge in [0, 0.05) is 25.5 Å². The fourth-order valence-electron chi connectivity index (χ4n) is 1.36. The Kier molecular flexibility index (Phi) is 4.94. The number of aromatic nitrogens is 1. The molecule has 0 aromatic carbocycles. The molecule has 0 fully saturated rings. The summed E-state index contributed by atoms with van der Waals surface area (Å²) >= 11 is 3.37. The molecule has 1 heterocycles. The SMILES string of the molecule is CCCCCN(C)c1ccnc(Br)c1. The first kappa shape index (κ1) is 11.5. The highest BCUT2D eigenvalue weighted by atomic mass is 79.9. The predicted molar refractivity (Wildman–Crippen MR) is 64.7 cm³/mol. The van der Waals surface area contributed by atoms with Gasteiger partial charge in [-0.3, -0.25) is 0 Å². The molecule has 0 unspecified atom stereocenters. The Hall–Kier alpha value is -0.570. The fraction of sp³-hybridized carbons (Fsp3) is 0.545. The zero-order chi connectivity index (χ0) is 10.4. The molecular formula is C11H17BrN2. The minimum absolute atomic E-state index is 0.900. The highest BCUT2D eigenvalue weighted by Gasteiger charge is 2.00. The van der Waals surface area contributed by atoms with Crippen LogP contribution in [0.15, 0.2) is 22.9 Å². The van der Waals surface area contributed by atoms with Crippen molar-refractivity contribution >= 4 is 21.6 Å². The van der Waals surface area contributed by atoms with Crippen LogP contribution < -0.4 is 4.90 Å². The van der Waals surface area contributed by atoms with E-state index < -0.39 is 0 Å². The number of halogens is 1. The molecule has 1 aromatic heterocycles. The van der Waals surface area contributed by atoms with Crippen LogP contribution in [0.5, 0.6) is 0 Å². The van der Waals surface area contributed by atoms with Crippen molar-refractivity contribution in [3.8, 4) is 0 Å². The molecule has 14 heavy (non-hydrogen) atoms. The Labute approximate surface area is 94.5 Å². The van der Waals surface area contributed by atoms with Crippen molar-refractivity contribution < 1.29 is 0 Å². The zero-order valence-corrected chi connectivity index (χ0v) is 10.4. The largest absolute Gasteiger partial charge is 0.374 e. The third-order valence-electron chi connectivity index (χ3n) is 2.25. The summed E-state index contributed by atoms with van der Waals surface area (Å²) in [7, 11) is 2.12. The van der Waals surface area contributed by atoms with E-state index in [2.05, 4.69) is 39.8 Å². The molecule has 0 bridgehead atoms. The van der Waals surface area contributed by atoms with E-state index in [9.17, 15) is 0 Å². The Morgan fingerprint density at radius 1 is 1.43 bits per heavy atom. The predicted octanol–water partition coefficient (Wildman–Crippen LogP) is 3.47. The molecule has 0 saturated carbocycles. The van der Waals surface area contributed by atoms with E-state index in [4.69, 9.17) is 0 Å². The van der Waals surface area contributed by atoms with Gasteiger partial charge in [-0.1, -0.05) is 19.8 Å². The van der Waals surface area contributed by atoms with Gasteiger partial charge in [-0.2, -0.15) is 0 Å². The van der Waals surface area contributed by atoms with Gasteiger partial charge in [0.1, 0.15) is 4.60 Å². The fourth-order valence-corrected chi connectivity index (χ4v) is 1.71. The second-order valence-corrected chi connectivity index (χ2v) is 4.28. The van der Waals surface area contributed by atoms with Crippen LogP contribution in [-0.2, 0) is 0 Å². The zero-order valence-electron chi connectivity index (χ0n) is 8.83. The summed E-state index contributed by atoms with van der Waals surface area (Å²) in [6.07, 6.45) is 5.66. The number of nitrogens with zero attached hydrogens (tertiary/aromatic N) is 2. The van der Waals surface area contributed by atoms with E-state index in [-0.39, 0.29) is 0 Å². The first-order valence-electron chi connectivity index (χ1n) is 5.06. The maximum absolute atomic E-state index is 4.11. The molecule has 0 aliphatic rings. The monoisotopic (exact) mass is 256 g/mol. The van der Waals surface area contributed by atoms with Crippen LogP contribution in [0.3, 0.4) is 0 Å². The second-order valence-electron chi connectivity index (χ2n) is 3.47. The third kappa shape index (κ3) is 3.66. The summed E-state index contributed by atoms with van der Waals surface area (Å²) in [6, 6.07) is 4.09. The lowest BCUT2D eigenvalue weighted by Crippen LogP contribution is -2.18. The summed E-state index contributed by atoms with van der Waals surface area (Å²) < 4.78 is 0.900. The van der Waals surface area contributed by atoms with Gasteiger partial charge in [0.15, 0.2) is 0 Å². The van der Waals surface area contributed by atoms with Crippen LogP contribution in [0.25, 0.3) is 0 Å². The Morgan fingerprint density at radius 2 is 2.21 bits per heavy atom. The van der Waals surface area contributed by atoms with Gasteiger partial charge in [0.25, 0.3) is 0 Å². The molecule has 0 aliphatic carbocycles. The Morgan fingerprint density at radius 3 is 2.86 bits per heavy atom. The quantitative estimate of drug-likeness (QED) is 0.593. The lowest BCUT2D eigenvalue weighted by Gasteiger charge is -2.18. The van der Waals surface area contributed by atoms with Crippen LogP contribution >= 0.6 is 15.9 Å². The van der Waals surface area contributed by atoms with Crippen molar-refractivity contribution in [1.82, 2.24) is 4.98 Å². The average molecular weight is 257 g/mol. The highest BCUT2D eigenvalue weighted by molar-refractivity contribution is 9.10. The minimum atomic E-state index is 0.900. The smallest absolute Gasteiger partial charge is 0.108 e. The van der Waals surface area contributed by atoms with Crippen molar-refractivity contribution in [2.45, 2.75) is 26.2 Å². The van der Waals surface area contributed by atoms with Crippen LogP contribution in [-0.4, -0.2) is 18.6 Å². The summed E-state index contributed by atoms with van der Waals surface area (Å²) in [4.78, 5) is 6.37. The maximum atomic E-state index is 4.11. The second kappa shape index (κ2) is 6.02. The average Bonchev–Trinajstić information content (AvgIpc) is 2.18. The van der Waals surface area contributed by atoms with Gasteiger partial charge in [0.05, 0.1) is 0 Å². The van der Waals surface area contributed by atoms with Gasteiger partial charge in [-0.05, 0) is 34.5 Å². The molecule has 0 atom stereocenters. The molecule has 0 N–H and O–H groups in total. The topological polar surface area (TPSA) is 16.1 Å². The summed E-state index contributed by atoms with van der Waals surface area (Å²) in [6.45, 7) is 3.34. The number of pyridine rings is 1. The van der Waals surface area contributed by atoms with Gasteiger partial charge < -0.3 is 4.90 Å². The molecule has 0 saturated heterocycles. The number of hydrogen-bond acceptors (Lipinski definition) is 2. The molecule has 0 amide bonds. The Bertz CT molecular complexity index is 276. The lowest BCUT2D eigenvalue weighted by molar-refractivity contribution is 0.705. The van der Waals surface area contributed by atoms with Gasteiger partial charge in [0.2, 0.25) is 0 Å². The molecule has 0 spiro atoms. The van der Waals surface area contributed by atoms with Crippen LogP contribution in [0.2, 0.25) is 0 Å². The van der Waals surface area contributed by atoms with Gasteiger partial charge in [-0.25, -0.2) is 4.98 Å². The number of rotatable bonds is 5. The molecule has 1 rings (SSSR count). The standard InChI is InChI=1S/C11H17BrN2/c1-3-4-5-8-14(2)10-6-7-13-11(12)9-10/h6-7,9H,3-5,8H2,1-2H3. The van der Waals surface area contributed by atoms with Gasteiger partial charge >= 0.3 is 0 Å². The molecule has 0 aliphatic heterocycles. The van der Waals surface area contributed by atoms with Crippen molar-refractivity contribution in [3.05, 3.63) is 22.9 Å². The first-order chi connectivity index (χ1) is 6.74. The third-order valence-corrected chi connectivity index (χ3v) is 2.68. The van der Waals surface area contributed by atoms with E-state index in [0.717, 1.165) is 11.1 Å². The van der Waals surface area contributed by atoms with Crippen molar-refractivity contribution in [2.75, 3.05) is 18.5 Å². The molecule has 0 radical (unpaired) electrons. The van der Waals surface area contributed by atoms with E-state index >= 15 is 0 Å². The minimum Gasteiger partial charge on any atom is -0.374 e. The van der Waals surface area contributed by atoms with Crippen molar-refractivity contribution in [1.29, 1.82) is 0 Å². The molecule has 3 heteroatoms. The molecule has 2 nitrogen and oxygen atoms in total.